The maximum Gasteiger partial charge on any atom is 0.203 e. The van der Waals surface area contributed by atoms with E-state index in [2.05, 4.69) is 27.4 Å². The molecule has 2 aromatic rings. The summed E-state index contributed by atoms with van der Waals surface area (Å²) in [5.41, 5.74) is 0.813. The van der Waals surface area contributed by atoms with E-state index in [-0.39, 0.29) is 0 Å². The van der Waals surface area contributed by atoms with Gasteiger partial charge in [-0.05, 0) is 26.2 Å². The second-order valence-electron chi connectivity index (χ2n) is 4.94. The quantitative estimate of drug-likeness (QED) is 0.874. The van der Waals surface area contributed by atoms with Crippen LogP contribution in [-0.2, 0) is 0 Å². The van der Waals surface area contributed by atoms with Gasteiger partial charge < -0.3 is 5.32 Å². The van der Waals surface area contributed by atoms with Crippen molar-refractivity contribution in [2.45, 2.75) is 39.2 Å². The zero-order chi connectivity index (χ0) is 11.8. The van der Waals surface area contributed by atoms with Gasteiger partial charge in [-0.3, -0.25) is 4.40 Å². The van der Waals surface area contributed by atoms with E-state index in [0.29, 0.717) is 6.04 Å². The fourth-order valence-corrected chi connectivity index (χ4v) is 2.19. The molecule has 1 unspecified atom stereocenters. The molecule has 1 aliphatic rings. The normalized spacial score (nSPS) is 17.3. The van der Waals surface area contributed by atoms with Gasteiger partial charge in [0, 0.05) is 18.4 Å². The highest BCUT2D eigenvalue weighted by Crippen LogP contribution is 2.34. The Hall–Kier alpha value is -1.65. The fraction of sp³-hybridized carbons (Fsp3) is 0.583. The Bertz CT molecular complexity index is 529. The Labute approximate surface area is 100 Å². The van der Waals surface area contributed by atoms with Gasteiger partial charge in [-0.25, -0.2) is 4.98 Å². The molecule has 90 valence electrons. The molecule has 0 amide bonds. The molecule has 0 saturated heterocycles. The number of aryl methyl sites for hydroxylation is 1. The predicted molar refractivity (Wildman–Crippen MR) is 65.9 cm³/mol. The van der Waals surface area contributed by atoms with Gasteiger partial charge >= 0.3 is 0 Å². The van der Waals surface area contributed by atoms with Crippen LogP contribution in [0.25, 0.3) is 5.65 Å². The van der Waals surface area contributed by atoms with Gasteiger partial charge in [0.15, 0.2) is 5.82 Å². The Kier molecular flexibility index (Phi) is 2.46. The molecule has 3 rings (SSSR count). The molecule has 1 fully saturated rings. The summed E-state index contributed by atoms with van der Waals surface area (Å²) in [4.78, 5) is 4.35. The third-order valence-corrected chi connectivity index (χ3v) is 3.26. The monoisotopic (exact) mass is 231 g/mol. The third kappa shape index (κ3) is 2.09. The van der Waals surface area contributed by atoms with Crippen molar-refractivity contribution in [3.63, 3.8) is 0 Å². The van der Waals surface area contributed by atoms with E-state index in [0.717, 1.165) is 23.2 Å². The number of rotatable bonds is 4. The first-order valence-corrected chi connectivity index (χ1v) is 6.17. The number of hydrogen-bond donors (Lipinski definition) is 1. The van der Waals surface area contributed by atoms with E-state index in [9.17, 15) is 0 Å². The third-order valence-electron chi connectivity index (χ3n) is 3.26. The minimum Gasteiger partial charge on any atom is -0.364 e. The molecule has 0 radical (unpaired) electrons. The summed E-state index contributed by atoms with van der Waals surface area (Å²) >= 11 is 0. The Morgan fingerprint density at radius 2 is 2.29 bits per heavy atom. The highest BCUT2D eigenvalue weighted by atomic mass is 15.3. The second kappa shape index (κ2) is 3.98. The predicted octanol–water partition coefficient (Wildman–Crippen LogP) is 2.03. The number of aromatic nitrogens is 4. The summed E-state index contributed by atoms with van der Waals surface area (Å²) in [6.45, 7) is 4.14. The van der Waals surface area contributed by atoms with Crippen molar-refractivity contribution < 1.29 is 0 Å². The molecule has 2 aromatic heterocycles. The van der Waals surface area contributed by atoms with Crippen LogP contribution in [0.15, 0.2) is 12.4 Å². The van der Waals surface area contributed by atoms with Crippen LogP contribution in [0.1, 0.15) is 32.0 Å². The lowest BCUT2D eigenvalue weighted by molar-refractivity contribution is 0.640. The molecule has 5 nitrogen and oxygen atoms in total. The van der Waals surface area contributed by atoms with Crippen molar-refractivity contribution in [2.24, 2.45) is 5.92 Å². The van der Waals surface area contributed by atoms with Crippen molar-refractivity contribution in [2.75, 3.05) is 5.32 Å². The van der Waals surface area contributed by atoms with Gasteiger partial charge in [0.25, 0.3) is 0 Å². The Balaban J connectivity index is 1.83. The van der Waals surface area contributed by atoms with Gasteiger partial charge in [0.2, 0.25) is 5.65 Å². The first kappa shape index (κ1) is 10.5. The topological polar surface area (TPSA) is 55.1 Å². The summed E-state index contributed by atoms with van der Waals surface area (Å²) < 4.78 is 1.96. The SMILES string of the molecule is Cc1nnc2c(NC(C)CC3CC3)nccn12. The highest BCUT2D eigenvalue weighted by molar-refractivity contribution is 5.62. The lowest BCUT2D eigenvalue weighted by Gasteiger charge is -2.13. The summed E-state index contributed by atoms with van der Waals surface area (Å²) in [7, 11) is 0. The van der Waals surface area contributed by atoms with Gasteiger partial charge in [-0.1, -0.05) is 12.8 Å². The minimum atomic E-state index is 0.443. The molecular formula is C12H17N5. The molecule has 0 aliphatic heterocycles. The number of nitrogens with zero attached hydrogens (tertiary/aromatic N) is 4. The maximum absolute atomic E-state index is 4.35. The average Bonchev–Trinajstić information content (AvgIpc) is 3.03. The van der Waals surface area contributed by atoms with Crippen molar-refractivity contribution in [1.82, 2.24) is 19.6 Å². The van der Waals surface area contributed by atoms with Crippen molar-refractivity contribution in [3.05, 3.63) is 18.2 Å². The van der Waals surface area contributed by atoms with E-state index in [1.165, 1.54) is 19.3 Å². The van der Waals surface area contributed by atoms with Gasteiger partial charge in [-0.15, -0.1) is 10.2 Å². The molecule has 1 atom stereocenters. The first-order chi connectivity index (χ1) is 8.24. The van der Waals surface area contributed by atoms with Crippen molar-refractivity contribution >= 4 is 11.5 Å². The number of anilines is 1. The first-order valence-electron chi connectivity index (χ1n) is 6.17. The maximum atomic E-state index is 4.35. The highest BCUT2D eigenvalue weighted by Gasteiger charge is 2.24. The second-order valence-corrected chi connectivity index (χ2v) is 4.94. The smallest absolute Gasteiger partial charge is 0.203 e. The van der Waals surface area contributed by atoms with Crippen LogP contribution in [0, 0.1) is 12.8 Å². The molecule has 1 aliphatic carbocycles. The molecule has 1 N–H and O–H groups in total. The zero-order valence-electron chi connectivity index (χ0n) is 10.2. The fourth-order valence-electron chi connectivity index (χ4n) is 2.19. The molecule has 5 heteroatoms. The summed E-state index contributed by atoms with van der Waals surface area (Å²) in [6, 6.07) is 0.443. The summed E-state index contributed by atoms with van der Waals surface area (Å²) in [5, 5.41) is 11.7. The molecule has 0 aromatic carbocycles. The van der Waals surface area contributed by atoms with Crippen LogP contribution < -0.4 is 5.32 Å². The van der Waals surface area contributed by atoms with Gasteiger partial charge in [-0.2, -0.15) is 0 Å². The molecule has 17 heavy (non-hydrogen) atoms. The zero-order valence-corrected chi connectivity index (χ0v) is 10.2. The largest absolute Gasteiger partial charge is 0.364 e. The van der Waals surface area contributed by atoms with E-state index in [4.69, 9.17) is 0 Å². The standard InChI is InChI=1S/C12H17N5/c1-8(7-10-3-4-10)14-11-12-16-15-9(2)17(12)6-5-13-11/h5-6,8,10H,3-4,7H2,1-2H3,(H,13,14). The van der Waals surface area contributed by atoms with Crippen LogP contribution in [-0.4, -0.2) is 25.6 Å². The number of fused-ring (bicyclic) bond motifs is 1. The van der Waals surface area contributed by atoms with Crippen LogP contribution in [0.5, 0.6) is 0 Å². The summed E-state index contributed by atoms with van der Waals surface area (Å²) in [5.74, 6) is 2.64. The number of nitrogens with one attached hydrogen (secondary N) is 1. The molecule has 2 heterocycles. The van der Waals surface area contributed by atoms with E-state index < -0.39 is 0 Å². The average molecular weight is 231 g/mol. The van der Waals surface area contributed by atoms with Crippen LogP contribution >= 0.6 is 0 Å². The molecule has 0 bridgehead atoms. The van der Waals surface area contributed by atoms with Gasteiger partial charge in [0.05, 0.1) is 0 Å². The van der Waals surface area contributed by atoms with Crippen molar-refractivity contribution in [3.8, 4) is 0 Å². The lowest BCUT2D eigenvalue weighted by atomic mass is 10.1. The minimum absolute atomic E-state index is 0.443. The lowest BCUT2D eigenvalue weighted by Crippen LogP contribution is -2.17. The van der Waals surface area contributed by atoms with Crippen LogP contribution in [0.3, 0.4) is 0 Å². The summed E-state index contributed by atoms with van der Waals surface area (Å²) in [6.07, 6.45) is 7.66. The van der Waals surface area contributed by atoms with Gasteiger partial charge in [0.1, 0.15) is 5.82 Å². The van der Waals surface area contributed by atoms with Crippen molar-refractivity contribution in [1.29, 1.82) is 0 Å². The van der Waals surface area contributed by atoms with Crippen LogP contribution in [0.2, 0.25) is 0 Å². The number of hydrogen-bond acceptors (Lipinski definition) is 4. The van der Waals surface area contributed by atoms with E-state index in [1.807, 2.05) is 17.5 Å². The molecule has 0 spiro atoms. The Morgan fingerprint density at radius 1 is 1.47 bits per heavy atom. The molecular weight excluding hydrogens is 214 g/mol. The van der Waals surface area contributed by atoms with E-state index >= 15 is 0 Å². The molecule has 1 saturated carbocycles. The Morgan fingerprint density at radius 3 is 3.06 bits per heavy atom. The van der Waals surface area contributed by atoms with Crippen LogP contribution in [0.4, 0.5) is 5.82 Å². The van der Waals surface area contributed by atoms with E-state index in [1.54, 1.807) is 6.20 Å².